The molecule has 94 valence electrons. The molecule has 1 aliphatic rings. The Hall–Kier alpha value is -1.61. The van der Waals surface area contributed by atoms with Gasteiger partial charge in [0, 0.05) is 18.4 Å². The highest BCUT2D eigenvalue weighted by molar-refractivity contribution is 5.31. The molecule has 1 fully saturated rings. The lowest BCUT2D eigenvalue weighted by molar-refractivity contribution is 0.287. The first kappa shape index (κ1) is 11.5. The average molecular weight is 241 g/mol. The van der Waals surface area contributed by atoms with Crippen LogP contribution in [0.5, 0.6) is 0 Å². The first-order valence-electron chi connectivity index (χ1n) is 6.60. The summed E-state index contributed by atoms with van der Waals surface area (Å²) in [5.74, 6) is 1.76. The van der Waals surface area contributed by atoms with Crippen LogP contribution in [-0.4, -0.2) is 16.0 Å². The number of H-pyrrole nitrogens is 1. The van der Waals surface area contributed by atoms with Crippen LogP contribution >= 0.6 is 0 Å². The Morgan fingerprint density at radius 2 is 2.17 bits per heavy atom. The molecule has 0 spiro atoms. The minimum absolute atomic E-state index is 0.639. The molecule has 0 bridgehead atoms. The van der Waals surface area contributed by atoms with E-state index in [0.717, 1.165) is 18.3 Å². The van der Waals surface area contributed by atoms with E-state index < -0.39 is 0 Å². The van der Waals surface area contributed by atoms with Crippen LogP contribution in [0, 0.1) is 6.92 Å². The minimum atomic E-state index is 0.639. The Labute approximate surface area is 108 Å². The van der Waals surface area contributed by atoms with E-state index in [-0.39, 0.29) is 0 Å². The molecule has 1 aromatic carbocycles. The third kappa shape index (κ3) is 2.31. The molecule has 0 unspecified atom stereocenters. The number of benzene rings is 1. The number of imidazole rings is 1. The fourth-order valence-electron chi connectivity index (χ4n) is 2.72. The molecule has 0 amide bonds. The van der Waals surface area contributed by atoms with E-state index in [2.05, 4.69) is 46.5 Å². The Kier molecular flexibility index (Phi) is 3.15. The van der Waals surface area contributed by atoms with Gasteiger partial charge in [0.05, 0.1) is 6.54 Å². The van der Waals surface area contributed by atoms with Gasteiger partial charge in [-0.3, -0.25) is 0 Å². The van der Waals surface area contributed by atoms with Gasteiger partial charge < -0.3 is 10.3 Å². The van der Waals surface area contributed by atoms with Crippen molar-refractivity contribution in [2.24, 2.45) is 0 Å². The van der Waals surface area contributed by atoms with Crippen molar-refractivity contribution in [1.82, 2.24) is 15.3 Å². The standard InChI is InChI=1S/C15H19N3/c1-11-4-2-3-5-14(11)12-8-13(9-12)18-10-15-16-6-7-17-15/h2-7,12-13,18H,8-10H2,1H3,(H,16,17). The van der Waals surface area contributed by atoms with Gasteiger partial charge in [-0.2, -0.15) is 0 Å². The number of aromatic amines is 1. The lowest BCUT2D eigenvalue weighted by atomic mass is 9.74. The molecule has 0 aliphatic heterocycles. The molecule has 3 rings (SSSR count). The molecule has 0 atom stereocenters. The summed E-state index contributed by atoms with van der Waals surface area (Å²) in [6.45, 7) is 3.05. The molecular formula is C15H19N3. The van der Waals surface area contributed by atoms with Gasteiger partial charge in [-0.15, -0.1) is 0 Å². The van der Waals surface area contributed by atoms with Crippen molar-refractivity contribution in [2.75, 3.05) is 0 Å². The third-order valence-electron chi connectivity index (χ3n) is 3.88. The maximum absolute atomic E-state index is 4.22. The lowest BCUT2D eigenvalue weighted by Crippen LogP contribution is -2.40. The van der Waals surface area contributed by atoms with E-state index in [4.69, 9.17) is 0 Å². The third-order valence-corrected chi connectivity index (χ3v) is 3.88. The molecule has 2 aromatic rings. The van der Waals surface area contributed by atoms with Crippen LogP contribution in [0.1, 0.15) is 35.7 Å². The molecule has 1 aromatic heterocycles. The van der Waals surface area contributed by atoms with Crippen LogP contribution in [-0.2, 0) is 6.54 Å². The highest BCUT2D eigenvalue weighted by Crippen LogP contribution is 2.38. The summed E-state index contributed by atoms with van der Waals surface area (Å²) in [4.78, 5) is 7.34. The summed E-state index contributed by atoms with van der Waals surface area (Å²) in [7, 11) is 0. The average Bonchev–Trinajstić information content (AvgIpc) is 2.82. The number of aromatic nitrogens is 2. The summed E-state index contributed by atoms with van der Waals surface area (Å²) >= 11 is 0. The minimum Gasteiger partial charge on any atom is -0.348 e. The van der Waals surface area contributed by atoms with Gasteiger partial charge >= 0.3 is 0 Å². The van der Waals surface area contributed by atoms with Crippen LogP contribution < -0.4 is 5.32 Å². The van der Waals surface area contributed by atoms with Crippen LogP contribution in [0.15, 0.2) is 36.7 Å². The summed E-state index contributed by atoms with van der Waals surface area (Å²) in [5.41, 5.74) is 2.94. The van der Waals surface area contributed by atoms with Crippen LogP contribution in [0.2, 0.25) is 0 Å². The van der Waals surface area contributed by atoms with Gasteiger partial charge in [0.15, 0.2) is 0 Å². The Bertz CT molecular complexity index is 498. The summed E-state index contributed by atoms with van der Waals surface area (Å²) in [6, 6.07) is 9.37. The molecule has 1 saturated carbocycles. The second-order valence-electron chi connectivity index (χ2n) is 5.14. The second kappa shape index (κ2) is 4.94. The number of nitrogens with zero attached hydrogens (tertiary/aromatic N) is 1. The molecule has 1 heterocycles. The van der Waals surface area contributed by atoms with Crippen molar-refractivity contribution < 1.29 is 0 Å². The van der Waals surface area contributed by atoms with Crippen molar-refractivity contribution in [3.8, 4) is 0 Å². The monoisotopic (exact) mass is 241 g/mol. The van der Waals surface area contributed by atoms with Gasteiger partial charge in [-0.1, -0.05) is 24.3 Å². The number of rotatable bonds is 4. The second-order valence-corrected chi connectivity index (χ2v) is 5.14. The zero-order valence-electron chi connectivity index (χ0n) is 10.7. The maximum Gasteiger partial charge on any atom is 0.120 e. The molecule has 3 nitrogen and oxygen atoms in total. The Balaban J connectivity index is 1.50. The number of nitrogens with one attached hydrogen (secondary N) is 2. The molecule has 3 heteroatoms. The quantitative estimate of drug-likeness (QED) is 0.864. The zero-order valence-corrected chi connectivity index (χ0v) is 10.7. The van der Waals surface area contributed by atoms with Gasteiger partial charge in [-0.25, -0.2) is 4.98 Å². The van der Waals surface area contributed by atoms with E-state index >= 15 is 0 Å². The normalized spacial score (nSPS) is 22.7. The smallest absolute Gasteiger partial charge is 0.120 e. The van der Waals surface area contributed by atoms with Crippen molar-refractivity contribution in [3.63, 3.8) is 0 Å². The van der Waals surface area contributed by atoms with Crippen LogP contribution in [0.4, 0.5) is 0 Å². The topological polar surface area (TPSA) is 40.7 Å². The zero-order chi connectivity index (χ0) is 12.4. The fourth-order valence-corrected chi connectivity index (χ4v) is 2.72. The Morgan fingerprint density at radius 1 is 1.33 bits per heavy atom. The number of hydrogen-bond donors (Lipinski definition) is 2. The van der Waals surface area contributed by atoms with E-state index in [9.17, 15) is 0 Å². The molecule has 0 saturated heterocycles. The maximum atomic E-state index is 4.22. The van der Waals surface area contributed by atoms with Gasteiger partial charge in [0.1, 0.15) is 5.82 Å². The van der Waals surface area contributed by atoms with Crippen molar-refractivity contribution in [1.29, 1.82) is 0 Å². The Morgan fingerprint density at radius 3 is 2.89 bits per heavy atom. The van der Waals surface area contributed by atoms with E-state index in [1.54, 1.807) is 6.20 Å². The van der Waals surface area contributed by atoms with E-state index in [1.807, 2.05) is 6.20 Å². The molecule has 0 radical (unpaired) electrons. The number of hydrogen-bond acceptors (Lipinski definition) is 2. The van der Waals surface area contributed by atoms with Gasteiger partial charge in [0.2, 0.25) is 0 Å². The van der Waals surface area contributed by atoms with Crippen LogP contribution in [0.3, 0.4) is 0 Å². The van der Waals surface area contributed by atoms with Crippen molar-refractivity contribution in [3.05, 3.63) is 53.6 Å². The summed E-state index contributed by atoms with van der Waals surface area (Å²) < 4.78 is 0. The predicted molar refractivity (Wildman–Crippen MR) is 72.4 cm³/mol. The first-order valence-corrected chi connectivity index (χ1v) is 6.60. The highest BCUT2D eigenvalue weighted by Gasteiger charge is 2.30. The molecule has 18 heavy (non-hydrogen) atoms. The lowest BCUT2D eigenvalue weighted by Gasteiger charge is -2.37. The largest absolute Gasteiger partial charge is 0.348 e. The van der Waals surface area contributed by atoms with Gasteiger partial charge in [-0.05, 0) is 36.8 Å². The predicted octanol–water partition coefficient (Wildman–Crippen LogP) is 2.75. The fraction of sp³-hybridized carbons (Fsp3) is 0.400. The van der Waals surface area contributed by atoms with Crippen LogP contribution in [0.25, 0.3) is 0 Å². The SMILES string of the molecule is Cc1ccccc1C1CC(NCc2ncc[nH]2)C1. The molecule has 2 N–H and O–H groups in total. The molecular weight excluding hydrogens is 222 g/mol. The van der Waals surface area contributed by atoms with Crippen molar-refractivity contribution in [2.45, 2.75) is 38.3 Å². The summed E-state index contributed by atoms with van der Waals surface area (Å²) in [6.07, 6.45) is 6.15. The van der Waals surface area contributed by atoms with E-state index in [1.165, 1.54) is 24.0 Å². The molecule has 1 aliphatic carbocycles. The highest BCUT2D eigenvalue weighted by atomic mass is 15.0. The van der Waals surface area contributed by atoms with Crippen molar-refractivity contribution >= 4 is 0 Å². The first-order chi connectivity index (χ1) is 8.83. The van der Waals surface area contributed by atoms with E-state index in [0.29, 0.717) is 6.04 Å². The van der Waals surface area contributed by atoms with Gasteiger partial charge in [0.25, 0.3) is 0 Å². The number of aryl methyl sites for hydroxylation is 1. The summed E-state index contributed by atoms with van der Waals surface area (Å²) in [5, 5.41) is 3.55.